The normalized spacial score (nSPS) is 14.9. The van der Waals surface area contributed by atoms with Crippen molar-refractivity contribution >= 4 is 23.8 Å². The lowest BCUT2D eigenvalue weighted by Gasteiger charge is -2.09. The Balaban J connectivity index is 2.09. The Kier molecular flexibility index (Phi) is 6.64. The van der Waals surface area contributed by atoms with Gasteiger partial charge in [0.25, 0.3) is 0 Å². The van der Waals surface area contributed by atoms with Gasteiger partial charge in [0, 0.05) is 31.8 Å². The van der Waals surface area contributed by atoms with Crippen LogP contribution in [0, 0.1) is 5.92 Å². The molecule has 0 aromatic carbocycles. The van der Waals surface area contributed by atoms with E-state index in [1.165, 1.54) is 0 Å². The smallest absolute Gasteiger partial charge is 0.321 e. The van der Waals surface area contributed by atoms with Crippen LogP contribution in [0.15, 0.2) is 0 Å². The van der Waals surface area contributed by atoms with Gasteiger partial charge in [0.2, 0.25) is 11.8 Å². The van der Waals surface area contributed by atoms with E-state index in [1.54, 1.807) is 6.92 Å². The molecule has 1 rings (SSSR count). The largest absolute Gasteiger partial charge is 0.481 e. The third-order valence-corrected chi connectivity index (χ3v) is 2.89. The molecule has 0 bridgehead atoms. The van der Waals surface area contributed by atoms with Gasteiger partial charge in [-0.2, -0.15) is 0 Å². The Morgan fingerprint density at radius 1 is 1.14 bits per heavy atom. The van der Waals surface area contributed by atoms with Crippen LogP contribution in [0.1, 0.15) is 39.0 Å². The highest BCUT2D eigenvalue weighted by Crippen LogP contribution is 2.18. The second-order valence-corrected chi connectivity index (χ2v) is 5.30. The zero-order valence-electron chi connectivity index (χ0n) is 12.0. The molecule has 4 amide bonds. The Hall–Kier alpha value is -2.12. The summed E-state index contributed by atoms with van der Waals surface area (Å²) in [5, 5.41) is 15.8. The fourth-order valence-electron chi connectivity index (χ4n) is 1.73. The van der Waals surface area contributed by atoms with Crippen LogP contribution >= 0.6 is 0 Å². The summed E-state index contributed by atoms with van der Waals surface area (Å²) in [6, 6.07) is -0.398. The summed E-state index contributed by atoms with van der Waals surface area (Å²) in [4.78, 5) is 44.6. The van der Waals surface area contributed by atoms with Crippen molar-refractivity contribution in [1.29, 1.82) is 0 Å². The molecule has 1 fully saturated rings. The molecule has 0 spiro atoms. The molecule has 0 aliphatic heterocycles. The van der Waals surface area contributed by atoms with Crippen LogP contribution in [0.3, 0.4) is 0 Å². The maximum Gasteiger partial charge on any atom is 0.321 e. The number of carboxylic acid groups (broad SMARTS) is 1. The first kappa shape index (κ1) is 16.9. The number of aliphatic carboxylic acids is 1. The summed E-state index contributed by atoms with van der Waals surface area (Å²) >= 11 is 0. The first-order valence-corrected chi connectivity index (χ1v) is 6.95. The Morgan fingerprint density at radius 2 is 1.81 bits per heavy atom. The molecule has 0 aromatic rings. The minimum atomic E-state index is -0.985. The zero-order valence-corrected chi connectivity index (χ0v) is 12.0. The molecule has 1 aliphatic rings. The number of imide groups is 1. The molecule has 8 nitrogen and oxygen atoms in total. The molecule has 0 saturated heterocycles. The predicted octanol–water partition coefficient (Wildman–Crippen LogP) is -0.0182. The van der Waals surface area contributed by atoms with Gasteiger partial charge in [0.1, 0.15) is 0 Å². The molecule has 1 unspecified atom stereocenters. The number of hydrogen-bond acceptors (Lipinski definition) is 4. The van der Waals surface area contributed by atoms with Crippen LogP contribution in [0.4, 0.5) is 4.79 Å². The van der Waals surface area contributed by atoms with Crippen molar-refractivity contribution in [3.8, 4) is 0 Å². The summed E-state index contributed by atoms with van der Waals surface area (Å²) in [6.45, 7) is 1.76. The monoisotopic (exact) mass is 299 g/mol. The average molecular weight is 299 g/mol. The molecule has 0 radical (unpaired) electrons. The fraction of sp³-hybridized carbons (Fsp3) is 0.692. The van der Waals surface area contributed by atoms with Gasteiger partial charge in [-0.15, -0.1) is 0 Å². The summed E-state index contributed by atoms with van der Waals surface area (Å²) in [6.07, 6.45) is 2.00. The molecule has 0 aromatic heterocycles. The topological polar surface area (TPSA) is 125 Å². The maximum absolute atomic E-state index is 11.5. The van der Waals surface area contributed by atoms with Crippen LogP contribution in [0.5, 0.6) is 0 Å². The van der Waals surface area contributed by atoms with Gasteiger partial charge >= 0.3 is 12.0 Å². The van der Waals surface area contributed by atoms with Crippen molar-refractivity contribution in [3.05, 3.63) is 0 Å². The number of rotatable bonds is 8. The Morgan fingerprint density at radius 3 is 2.38 bits per heavy atom. The van der Waals surface area contributed by atoms with Crippen LogP contribution in [0.25, 0.3) is 0 Å². The lowest BCUT2D eigenvalue weighted by Crippen LogP contribution is -2.41. The first-order chi connectivity index (χ1) is 9.86. The highest BCUT2D eigenvalue weighted by Gasteiger charge is 2.22. The lowest BCUT2D eigenvalue weighted by molar-refractivity contribution is -0.138. The van der Waals surface area contributed by atoms with E-state index in [9.17, 15) is 19.2 Å². The Bertz CT molecular complexity index is 420. The number of carboxylic acids is 1. The molecule has 1 aliphatic carbocycles. The van der Waals surface area contributed by atoms with E-state index >= 15 is 0 Å². The van der Waals surface area contributed by atoms with E-state index in [0.29, 0.717) is 0 Å². The van der Waals surface area contributed by atoms with E-state index in [1.807, 2.05) is 0 Å². The van der Waals surface area contributed by atoms with Gasteiger partial charge in [0.15, 0.2) is 0 Å². The van der Waals surface area contributed by atoms with Crippen molar-refractivity contribution in [2.24, 2.45) is 5.92 Å². The van der Waals surface area contributed by atoms with Crippen LogP contribution in [0.2, 0.25) is 0 Å². The van der Waals surface area contributed by atoms with E-state index in [2.05, 4.69) is 16.0 Å². The third kappa shape index (κ3) is 8.61. The number of amides is 4. The van der Waals surface area contributed by atoms with Gasteiger partial charge in [-0.25, -0.2) is 4.79 Å². The minimum absolute atomic E-state index is 0.0398. The highest BCUT2D eigenvalue weighted by molar-refractivity contribution is 5.94. The van der Waals surface area contributed by atoms with Crippen molar-refractivity contribution in [3.63, 3.8) is 0 Å². The van der Waals surface area contributed by atoms with E-state index in [-0.39, 0.29) is 43.7 Å². The molecule has 0 heterocycles. The van der Waals surface area contributed by atoms with Gasteiger partial charge in [-0.3, -0.25) is 19.7 Å². The molecule has 21 heavy (non-hydrogen) atoms. The summed E-state index contributed by atoms with van der Waals surface area (Å²) < 4.78 is 0. The van der Waals surface area contributed by atoms with Crippen molar-refractivity contribution in [2.75, 3.05) is 6.54 Å². The predicted molar refractivity (Wildman–Crippen MR) is 73.4 cm³/mol. The number of carbonyl (C=O) groups is 4. The maximum atomic E-state index is 11.5. The third-order valence-electron chi connectivity index (χ3n) is 2.89. The van der Waals surface area contributed by atoms with E-state index < -0.39 is 17.9 Å². The molecular weight excluding hydrogens is 278 g/mol. The second kappa shape index (κ2) is 8.23. The number of urea groups is 1. The standard InChI is InChI=1S/C13H21N3O5/c1-8(7-12(19)20)6-11(18)16-13(21)14-5-4-10(17)15-9-2-3-9/h8-9H,2-7H2,1H3,(H,15,17)(H,19,20)(H2,14,16,18,21). The second-order valence-electron chi connectivity index (χ2n) is 5.30. The average Bonchev–Trinajstić information content (AvgIpc) is 3.10. The van der Waals surface area contributed by atoms with Gasteiger partial charge in [-0.05, 0) is 18.8 Å². The quantitative estimate of drug-likeness (QED) is 0.501. The van der Waals surface area contributed by atoms with Crippen molar-refractivity contribution < 1.29 is 24.3 Å². The van der Waals surface area contributed by atoms with Crippen molar-refractivity contribution in [1.82, 2.24) is 16.0 Å². The summed E-state index contributed by atoms with van der Waals surface area (Å²) in [5.74, 6) is -2.00. The van der Waals surface area contributed by atoms with Crippen LogP contribution in [-0.2, 0) is 14.4 Å². The molecule has 8 heteroatoms. The molecule has 1 saturated carbocycles. The first-order valence-electron chi connectivity index (χ1n) is 6.95. The van der Waals surface area contributed by atoms with E-state index in [4.69, 9.17) is 5.11 Å². The van der Waals surface area contributed by atoms with Crippen molar-refractivity contribution in [2.45, 2.75) is 45.1 Å². The number of carbonyl (C=O) groups excluding carboxylic acids is 3. The zero-order chi connectivity index (χ0) is 15.8. The summed E-state index contributed by atoms with van der Waals surface area (Å²) in [5.41, 5.74) is 0. The van der Waals surface area contributed by atoms with Crippen LogP contribution in [-0.4, -0.2) is 41.5 Å². The summed E-state index contributed by atoms with van der Waals surface area (Å²) in [7, 11) is 0. The van der Waals surface area contributed by atoms with Crippen LogP contribution < -0.4 is 16.0 Å². The SMILES string of the molecule is CC(CC(=O)O)CC(=O)NC(=O)NCCC(=O)NC1CC1. The number of hydrogen-bond donors (Lipinski definition) is 4. The Labute approximate surface area is 122 Å². The minimum Gasteiger partial charge on any atom is -0.481 e. The lowest BCUT2D eigenvalue weighted by atomic mass is 10.0. The van der Waals surface area contributed by atoms with E-state index in [0.717, 1.165) is 12.8 Å². The fourth-order valence-corrected chi connectivity index (χ4v) is 1.73. The molecule has 1 atom stereocenters. The van der Waals surface area contributed by atoms with Gasteiger partial charge < -0.3 is 15.7 Å². The molecular formula is C13H21N3O5. The number of nitrogens with one attached hydrogen (secondary N) is 3. The van der Waals surface area contributed by atoms with Gasteiger partial charge in [0.05, 0.1) is 0 Å². The molecule has 118 valence electrons. The highest BCUT2D eigenvalue weighted by atomic mass is 16.4. The molecule has 4 N–H and O–H groups in total. The van der Waals surface area contributed by atoms with Gasteiger partial charge in [-0.1, -0.05) is 6.92 Å².